The maximum Gasteiger partial charge on any atom is 0.407 e. The van der Waals surface area contributed by atoms with E-state index >= 15 is 0 Å². The Kier molecular flexibility index (Phi) is 3.74. The summed E-state index contributed by atoms with van der Waals surface area (Å²) in [6.07, 6.45) is 0.548. The summed E-state index contributed by atoms with van der Waals surface area (Å²) < 4.78 is 5.30. The average molecular weight is 256 g/mol. The summed E-state index contributed by atoms with van der Waals surface area (Å²) in [7, 11) is 0. The lowest BCUT2D eigenvalue weighted by molar-refractivity contribution is 0.0469. The van der Waals surface area contributed by atoms with Crippen LogP contribution in [0, 0.1) is 11.3 Å². The third kappa shape index (κ3) is 3.16. The maximum absolute atomic E-state index is 11.9. The lowest BCUT2D eigenvalue weighted by atomic mass is 9.89. The molecule has 1 fully saturated rings. The van der Waals surface area contributed by atoms with Crippen molar-refractivity contribution >= 4 is 6.09 Å². The second kappa shape index (κ2) is 4.41. The van der Waals surface area contributed by atoms with Crippen molar-refractivity contribution in [3.8, 4) is 0 Å². The molecule has 0 aromatic rings. The summed E-state index contributed by atoms with van der Waals surface area (Å²) in [6.45, 7) is 14.0. The minimum Gasteiger partial charge on any atom is -0.444 e. The van der Waals surface area contributed by atoms with Crippen LogP contribution in [0.1, 0.15) is 54.9 Å². The molecule has 1 rings (SSSR count). The molecule has 4 nitrogen and oxygen atoms in total. The Labute approximate surface area is 111 Å². The standard InChI is InChI=1S/C14H28N2O2/c1-9(2)10(14(15)8-13(14,6)7)16-11(17)18-12(3,4)5/h9-10H,8,15H2,1-7H3,(H,16,17). The molecule has 0 saturated heterocycles. The number of carbonyl (C=O) groups is 1. The van der Waals surface area contributed by atoms with E-state index in [-0.39, 0.29) is 29.0 Å². The van der Waals surface area contributed by atoms with Gasteiger partial charge in [0, 0.05) is 5.54 Å². The molecule has 18 heavy (non-hydrogen) atoms. The molecule has 0 radical (unpaired) electrons. The number of nitrogens with two attached hydrogens (primary N) is 1. The third-order valence-electron chi connectivity index (χ3n) is 3.76. The fourth-order valence-corrected chi connectivity index (χ4v) is 2.54. The Morgan fingerprint density at radius 3 is 2.06 bits per heavy atom. The summed E-state index contributed by atoms with van der Waals surface area (Å²) in [5.74, 6) is 0.282. The lowest BCUT2D eigenvalue weighted by Gasteiger charge is -2.32. The van der Waals surface area contributed by atoms with Crippen molar-refractivity contribution in [2.75, 3.05) is 0 Å². The number of nitrogens with one attached hydrogen (secondary N) is 1. The van der Waals surface area contributed by atoms with E-state index in [4.69, 9.17) is 10.5 Å². The number of alkyl carbamates (subject to hydrolysis) is 1. The highest BCUT2D eigenvalue weighted by Gasteiger charge is 2.63. The molecule has 2 atom stereocenters. The van der Waals surface area contributed by atoms with Gasteiger partial charge in [-0.2, -0.15) is 0 Å². The fraction of sp³-hybridized carbons (Fsp3) is 0.929. The SMILES string of the molecule is CC(C)C(NC(=O)OC(C)(C)C)C1(N)CC1(C)C. The second-order valence-corrected chi connectivity index (χ2v) is 7.47. The number of carbonyl (C=O) groups excluding carboxylic acids is 1. The van der Waals surface area contributed by atoms with Crippen molar-refractivity contribution in [3.63, 3.8) is 0 Å². The number of amides is 1. The first-order valence-corrected chi connectivity index (χ1v) is 6.67. The van der Waals surface area contributed by atoms with Gasteiger partial charge in [-0.3, -0.25) is 0 Å². The van der Waals surface area contributed by atoms with Crippen LogP contribution in [0.4, 0.5) is 4.79 Å². The summed E-state index contributed by atoms with van der Waals surface area (Å²) in [6, 6.07) is -0.0534. The minimum absolute atomic E-state index is 0.0534. The molecule has 1 saturated carbocycles. The van der Waals surface area contributed by atoms with Crippen LogP contribution in [0.3, 0.4) is 0 Å². The quantitative estimate of drug-likeness (QED) is 0.816. The van der Waals surface area contributed by atoms with E-state index in [0.29, 0.717) is 0 Å². The molecular formula is C14H28N2O2. The molecule has 0 heterocycles. The van der Waals surface area contributed by atoms with Gasteiger partial charge < -0.3 is 15.8 Å². The van der Waals surface area contributed by atoms with E-state index in [0.717, 1.165) is 6.42 Å². The van der Waals surface area contributed by atoms with Crippen LogP contribution in [0.15, 0.2) is 0 Å². The van der Waals surface area contributed by atoms with Gasteiger partial charge in [0.05, 0.1) is 6.04 Å². The van der Waals surface area contributed by atoms with Gasteiger partial charge in [0.1, 0.15) is 5.60 Å². The van der Waals surface area contributed by atoms with E-state index in [1.165, 1.54) is 0 Å². The van der Waals surface area contributed by atoms with E-state index in [1.807, 2.05) is 20.8 Å². The number of ether oxygens (including phenoxy) is 1. The highest BCUT2D eigenvalue weighted by Crippen LogP contribution is 2.56. The molecule has 1 aliphatic carbocycles. The van der Waals surface area contributed by atoms with Crippen LogP contribution in [-0.4, -0.2) is 23.3 Å². The van der Waals surface area contributed by atoms with E-state index in [9.17, 15) is 4.79 Å². The van der Waals surface area contributed by atoms with Gasteiger partial charge in [-0.15, -0.1) is 0 Å². The van der Waals surface area contributed by atoms with Gasteiger partial charge in [0.25, 0.3) is 0 Å². The van der Waals surface area contributed by atoms with Crippen LogP contribution in [0.25, 0.3) is 0 Å². The lowest BCUT2D eigenvalue weighted by Crippen LogP contribution is -2.55. The molecule has 4 heteroatoms. The zero-order valence-electron chi connectivity index (χ0n) is 12.8. The summed E-state index contributed by atoms with van der Waals surface area (Å²) in [5, 5.41) is 2.94. The Balaban J connectivity index is 2.70. The zero-order valence-corrected chi connectivity index (χ0v) is 12.8. The first kappa shape index (κ1) is 15.3. The number of hydrogen-bond acceptors (Lipinski definition) is 3. The molecule has 106 valence electrons. The first-order chi connectivity index (χ1) is 7.89. The van der Waals surface area contributed by atoms with Gasteiger partial charge in [0.15, 0.2) is 0 Å². The average Bonchev–Trinajstić information content (AvgIpc) is 2.59. The van der Waals surface area contributed by atoms with Gasteiger partial charge in [-0.1, -0.05) is 27.7 Å². The molecule has 1 aliphatic rings. The van der Waals surface area contributed by atoms with Gasteiger partial charge in [-0.25, -0.2) is 4.79 Å². The van der Waals surface area contributed by atoms with Crippen molar-refractivity contribution in [1.82, 2.24) is 5.32 Å². The Morgan fingerprint density at radius 2 is 1.78 bits per heavy atom. The topological polar surface area (TPSA) is 64.3 Å². The molecule has 0 aromatic carbocycles. The maximum atomic E-state index is 11.9. The molecular weight excluding hydrogens is 228 g/mol. The van der Waals surface area contributed by atoms with Crippen LogP contribution in [0.2, 0.25) is 0 Å². The molecule has 0 aliphatic heterocycles. The largest absolute Gasteiger partial charge is 0.444 e. The molecule has 0 aromatic heterocycles. The molecule has 3 N–H and O–H groups in total. The summed E-state index contributed by atoms with van der Waals surface area (Å²) in [4.78, 5) is 11.9. The van der Waals surface area contributed by atoms with Crippen molar-refractivity contribution < 1.29 is 9.53 Å². The monoisotopic (exact) mass is 256 g/mol. The Morgan fingerprint density at radius 1 is 1.33 bits per heavy atom. The van der Waals surface area contributed by atoms with Crippen molar-refractivity contribution in [2.24, 2.45) is 17.1 Å². The Hall–Kier alpha value is -0.770. The van der Waals surface area contributed by atoms with Crippen molar-refractivity contribution in [3.05, 3.63) is 0 Å². The summed E-state index contributed by atoms with van der Waals surface area (Å²) >= 11 is 0. The highest BCUT2D eigenvalue weighted by molar-refractivity contribution is 5.68. The van der Waals surface area contributed by atoms with Gasteiger partial charge >= 0.3 is 6.09 Å². The van der Waals surface area contributed by atoms with Crippen LogP contribution in [0.5, 0.6) is 0 Å². The molecule has 1 amide bonds. The van der Waals surface area contributed by atoms with Gasteiger partial charge in [-0.05, 0) is 38.5 Å². The molecule has 0 bridgehead atoms. The van der Waals surface area contributed by atoms with Crippen LogP contribution >= 0.6 is 0 Å². The van der Waals surface area contributed by atoms with Crippen LogP contribution in [-0.2, 0) is 4.74 Å². The number of rotatable bonds is 3. The predicted molar refractivity (Wildman–Crippen MR) is 73.3 cm³/mol. The predicted octanol–water partition coefficient (Wildman–Crippen LogP) is 2.66. The van der Waals surface area contributed by atoms with Gasteiger partial charge in [0.2, 0.25) is 0 Å². The highest BCUT2D eigenvalue weighted by atomic mass is 16.6. The van der Waals surface area contributed by atoms with Crippen molar-refractivity contribution in [2.45, 2.75) is 72.1 Å². The molecule has 2 unspecified atom stereocenters. The minimum atomic E-state index is -0.480. The van der Waals surface area contributed by atoms with E-state index in [1.54, 1.807) is 0 Å². The zero-order chi connectivity index (χ0) is 14.4. The van der Waals surface area contributed by atoms with Crippen molar-refractivity contribution in [1.29, 1.82) is 0 Å². The smallest absolute Gasteiger partial charge is 0.407 e. The van der Waals surface area contributed by atoms with E-state index in [2.05, 4.69) is 33.0 Å². The number of hydrogen-bond donors (Lipinski definition) is 2. The first-order valence-electron chi connectivity index (χ1n) is 6.67. The fourth-order valence-electron chi connectivity index (χ4n) is 2.54. The second-order valence-electron chi connectivity index (χ2n) is 7.47. The normalized spacial score (nSPS) is 27.8. The molecule has 0 spiro atoms. The van der Waals surface area contributed by atoms with Crippen LogP contribution < -0.4 is 11.1 Å². The third-order valence-corrected chi connectivity index (χ3v) is 3.76. The summed E-state index contributed by atoms with van der Waals surface area (Å²) in [5.41, 5.74) is 5.69. The Bertz CT molecular complexity index is 331. The van der Waals surface area contributed by atoms with E-state index < -0.39 is 5.60 Å².